The maximum atomic E-state index is 13.4. The molecule has 176 valence electrons. The number of para-hydroxylation sites is 1. The van der Waals surface area contributed by atoms with Crippen LogP contribution in [0, 0.1) is 28.2 Å². The van der Waals surface area contributed by atoms with Crippen LogP contribution in [0.2, 0.25) is 0 Å². The number of carbonyl (C=O) groups excluding carboxylic acids is 2. The van der Waals surface area contributed by atoms with E-state index in [9.17, 15) is 23.3 Å². The number of likely N-dealkylation sites (N-methyl/N-ethyl adjacent to an activating group) is 1. The molecule has 33 heavy (non-hydrogen) atoms. The number of benzene rings is 1. The average molecular weight is 471 g/mol. The first-order valence-electron chi connectivity index (χ1n) is 11.3. The molecule has 0 spiro atoms. The third-order valence-corrected chi connectivity index (χ3v) is 9.51. The summed E-state index contributed by atoms with van der Waals surface area (Å²) in [4.78, 5) is 30.1. The SMILES string of the molecule is CCN(C#N)C(=O)C(Cc1c[nH]c2ccccc12)NS(=O)(=O)CC12CCC(CC1=O)C2(C)C. The van der Waals surface area contributed by atoms with Crippen LogP contribution in [0.4, 0.5) is 0 Å². The number of rotatable bonds is 8. The van der Waals surface area contributed by atoms with Crippen LogP contribution in [0.1, 0.15) is 45.6 Å². The molecule has 2 saturated carbocycles. The molecule has 3 atom stereocenters. The van der Waals surface area contributed by atoms with Gasteiger partial charge in [0.15, 0.2) is 6.19 Å². The Kier molecular flexibility index (Phi) is 5.87. The zero-order chi connectivity index (χ0) is 24.0. The van der Waals surface area contributed by atoms with Gasteiger partial charge in [0.25, 0.3) is 5.91 Å². The lowest BCUT2D eigenvalue weighted by Gasteiger charge is -2.36. The van der Waals surface area contributed by atoms with Gasteiger partial charge in [0, 0.05) is 35.5 Å². The molecule has 8 nitrogen and oxygen atoms in total. The third-order valence-electron chi connectivity index (χ3n) is 8.00. The van der Waals surface area contributed by atoms with Gasteiger partial charge in [0.05, 0.1) is 5.75 Å². The predicted molar refractivity (Wildman–Crippen MR) is 124 cm³/mol. The Morgan fingerprint density at radius 1 is 1.36 bits per heavy atom. The van der Waals surface area contributed by atoms with E-state index in [1.54, 1.807) is 13.1 Å². The average Bonchev–Trinajstić information content (AvgIpc) is 3.33. The molecule has 1 aromatic heterocycles. The lowest BCUT2D eigenvalue weighted by Crippen LogP contribution is -2.52. The van der Waals surface area contributed by atoms with Crippen LogP contribution in [-0.4, -0.2) is 48.3 Å². The number of sulfonamides is 1. The summed E-state index contributed by atoms with van der Waals surface area (Å²) in [6, 6.07) is 6.41. The van der Waals surface area contributed by atoms with E-state index in [1.165, 1.54) is 0 Å². The summed E-state index contributed by atoms with van der Waals surface area (Å²) in [5.74, 6) is -0.745. The number of hydrogen-bond acceptors (Lipinski definition) is 5. The van der Waals surface area contributed by atoms with Crippen molar-refractivity contribution in [3.63, 3.8) is 0 Å². The number of nitriles is 1. The molecule has 2 N–H and O–H groups in total. The highest BCUT2D eigenvalue weighted by Gasteiger charge is 2.65. The van der Waals surface area contributed by atoms with E-state index in [2.05, 4.69) is 9.71 Å². The summed E-state index contributed by atoms with van der Waals surface area (Å²) >= 11 is 0. The first kappa shape index (κ1) is 23.5. The van der Waals surface area contributed by atoms with Gasteiger partial charge < -0.3 is 4.98 Å². The summed E-state index contributed by atoms with van der Waals surface area (Å²) in [6.45, 7) is 5.76. The number of fused-ring (bicyclic) bond motifs is 3. The zero-order valence-corrected chi connectivity index (χ0v) is 20.0. The minimum Gasteiger partial charge on any atom is -0.361 e. The minimum atomic E-state index is -4.00. The lowest BCUT2D eigenvalue weighted by molar-refractivity contribution is -0.129. The van der Waals surface area contributed by atoms with Gasteiger partial charge in [-0.05, 0) is 49.1 Å². The molecule has 1 amide bonds. The molecule has 2 bridgehead atoms. The summed E-state index contributed by atoms with van der Waals surface area (Å²) in [5, 5.41) is 10.3. The molecule has 4 rings (SSSR count). The molecule has 2 fully saturated rings. The van der Waals surface area contributed by atoms with Crippen LogP contribution in [-0.2, 0) is 26.0 Å². The van der Waals surface area contributed by atoms with Crippen molar-refractivity contribution in [1.82, 2.24) is 14.6 Å². The second-order valence-corrected chi connectivity index (χ2v) is 11.6. The van der Waals surface area contributed by atoms with Crippen LogP contribution in [0.5, 0.6) is 0 Å². The van der Waals surface area contributed by atoms with Gasteiger partial charge >= 0.3 is 0 Å². The first-order valence-corrected chi connectivity index (χ1v) is 13.0. The smallest absolute Gasteiger partial charge is 0.254 e. The van der Waals surface area contributed by atoms with Gasteiger partial charge in [-0.2, -0.15) is 5.26 Å². The van der Waals surface area contributed by atoms with Crippen molar-refractivity contribution in [2.24, 2.45) is 16.7 Å². The quantitative estimate of drug-likeness (QED) is 0.454. The Labute approximate surface area is 194 Å². The van der Waals surface area contributed by atoms with Crippen molar-refractivity contribution in [3.8, 4) is 6.19 Å². The Hall–Kier alpha value is -2.70. The molecule has 9 heteroatoms. The second kappa shape index (κ2) is 8.26. The highest BCUT2D eigenvalue weighted by molar-refractivity contribution is 7.89. The molecular weight excluding hydrogens is 440 g/mol. The van der Waals surface area contributed by atoms with E-state index in [1.807, 2.05) is 44.3 Å². The fourth-order valence-corrected chi connectivity index (χ4v) is 7.88. The van der Waals surface area contributed by atoms with Crippen LogP contribution in [0.15, 0.2) is 30.5 Å². The number of carbonyl (C=O) groups is 2. The third kappa shape index (κ3) is 3.85. The molecule has 0 radical (unpaired) electrons. The molecule has 2 aliphatic carbocycles. The molecular formula is C24H30N4O4S. The minimum absolute atomic E-state index is 0.000778. The number of aromatic amines is 1. The summed E-state index contributed by atoms with van der Waals surface area (Å²) in [6.07, 6.45) is 5.48. The van der Waals surface area contributed by atoms with Crippen molar-refractivity contribution in [3.05, 3.63) is 36.0 Å². The van der Waals surface area contributed by atoms with Crippen molar-refractivity contribution in [2.75, 3.05) is 12.3 Å². The highest BCUT2D eigenvalue weighted by Crippen LogP contribution is 2.64. The number of nitrogens with zero attached hydrogens (tertiary/aromatic N) is 2. The summed E-state index contributed by atoms with van der Waals surface area (Å²) in [7, 11) is -4.00. The maximum Gasteiger partial charge on any atom is 0.254 e. The van der Waals surface area contributed by atoms with Gasteiger partial charge in [-0.25, -0.2) is 18.0 Å². The van der Waals surface area contributed by atoms with Gasteiger partial charge in [0.1, 0.15) is 11.8 Å². The fourth-order valence-electron chi connectivity index (χ4n) is 5.85. The Bertz CT molecular complexity index is 1240. The number of H-pyrrole nitrogens is 1. The van der Waals surface area contributed by atoms with Crippen LogP contribution < -0.4 is 4.72 Å². The van der Waals surface area contributed by atoms with Gasteiger partial charge in [0.2, 0.25) is 10.0 Å². The largest absolute Gasteiger partial charge is 0.361 e. The fraction of sp³-hybridized carbons (Fsp3) is 0.542. The second-order valence-electron chi connectivity index (χ2n) is 9.84. The summed E-state index contributed by atoms with van der Waals surface area (Å²) in [5.41, 5.74) is 0.315. The van der Waals surface area contributed by atoms with Crippen molar-refractivity contribution >= 4 is 32.6 Å². The number of ketones is 1. The molecule has 3 unspecified atom stereocenters. The monoisotopic (exact) mass is 470 g/mol. The van der Waals surface area contributed by atoms with E-state index in [4.69, 9.17) is 0 Å². The number of hydrogen-bond donors (Lipinski definition) is 2. The Morgan fingerprint density at radius 3 is 2.70 bits per heavy atom. The van der Waals surface area contributed by atoms with E-state index < -0.39 is 32.8 Å². The molecule has 1 heterocycles. The number of aromatic nitrogens is 1. The topological polar surface area (TPSA) is 123 Å². The molecule has 2 aliphatic rings. The van der Waals surface area contributed by atoms with Crippen molar-refractivity contribution in [1.29, 1.82) is 5.26 Å². The predicted octanol–water partition coefficient (Wildman–Crippen LogP) is 2.72. The molecule has 2 aromatic rings. The zero-order valence-electron chi connectivity index (χ0n) is 19.2. The molecule has 0 saturated heterocycles. The molecule has 1 aromatic carbocycles. The van der Waals surface area contributed by atoms with E-state index in [-0.39, 0.29) is 30.4 Å². The van der Waals surface area contributed by atoms with Gasteiger partial charge in [-0.1, -0.05) is 32.0 Å². The van der Waals surface area contributed by atoms with Gasteiger partial charge in [-0.3, -0.25) is 9.59 Å². The number of nitrogens with one attached hydrogen (secondary N) is 2. The van der Waals surface area contributed by atoms with E-state index in [0.717, 1.165) is 27.8 Å². The Balaban J connectivity index is 1.64. The molecule has 0 aliphatic heterocycles. The first-order chi connectivity index (χ1) is 15.5. The van der Waals surface area contributed by atoms with E-state index in [0.29, 0.717) is 12.8 Å². The van der Waals surface area contributed by atoms with E-state index >= 15 is 0 Å². The van der Waals surface area contributed by atoms with Crippen molar-refractivity contribution in [2.45, 2.75) is 52.5 Å². The summed E-state index contributed by atoms with van der Waals surface area (Å²) < 4.78 is 29.3. The number of amides is 1. The standard InChI is InChI=1S/C24H30N4O4S/c1-4-28(15-25)22(30)20(11-16-13-26-19-8-6-5-7-18(16)19)27-33(31,32)14-24-10-9-17(12-21(24)29)23(24,2)3/h5-8,13,17,20,26-27H,4,9-12,14H2,1-3H3. The Morgan fingerprint density at radius 2 is 2.09 bits per heavy atom. The van der Waals surface area contributed by atoms with Gasteiger partial charge in [-0.15, -0.1) is 0 Å². The number of Topliss-reactive ketones (excluding diaryl/α,β-unsaturated/α-hetero) is 1. The van der Waals surface area contributed by atoms with Crippen LogP contribution in [0.25, 0.3) is 10.9 Å². The van der Waals surface area contributed by atoms with Crippen molar-refractivity contribution < 1.29 is 18.0 Å². The maximum absolute atomic E-state index is 13.4. The lowest BCUT2D eigenvalue weighted by atomic mass is 9.70. The van der Waals surface area contributed by atoms with Crippen LogP contribution >= 0.6 is 0 Å². The highest BCUT2D eigenvalue weighted by atomic mass is 32.2. The normalized spacial score (nSPS) is 24.7. The van der Waals surface area contributed by atoms with Crippen LogP contribution in [0.3, 0.4) is 0 Å².